The van der Waals surface area contributed by atoms with Gasteiger partial charge < -0.3 is 4.98 Å². The lowest BCUT2D eigenvalue weighted by atomic mass is 9.92. The summed E-state index contributed by atoms with van der Waals surface area (Å²) in [6.07, 6.45) is 1.89. The number of hydrogen-bond donors (Lipinski definition) is 1. The highest BCUT2D eigenvalue weighted by Gasteiger charge is 2.22. The summed E-state index contributed by atoms with van der Waals surface area (Å²) < 4.78 is 1.92. The predicted octanol–water partition coefficient (Wildman–Crippen LogP) is 3.41. The number of hydrogen-bond acceptors (Lipinski definition) is 2. The minimum Gasteiger partial charge on any atom is -0.340 e. The van der Waals surface area contributed by atoms with Crippen molar-refractivity contribution >= 4 is 0 Å². The summed E-state index contributed by atoms with van der Waals surface area (Å²) in [5.74, 6) is 1.00. The van der Waals surface area contributed by atoms with Gasteiger partial charge in [0, 0.05) is 17.9 Å². The average molecular weight is 260 g/mol. The monoisotopic (exact) mass is 260 g/mol. The Labute approximate surface area is 115 Å². The van der Waals surface area contributed by atoms with Crippen molar-refractivity contribution in [3.63, 3.8) is 0 Å². The second-order valence-corrected chi connectivity index (χ2v) is 7.18. The third-order valence-corrected chi connectivity index (χ3v) is 3.21. The Morgan fingerprint density at radius 2 is 1.68 bits per heavy atom. The number of aromatic amines is 1. The lowest BCUT2D eigenvalue weighted by molar-refractivity contribution is 0.552. The standard InChI is InChI=1S/C15H24N4/c1-14(2,3)12-8-11(19(7)18-12)10-9-16-13(17-10)15(4,5)6/h8-9H,1-7H3,(H,16,17). The molecule has 104 valence electrons. The van der Waals surface area contributed by atoms with Gasteiger partial charge in [0.2, 0.25) is 0 Å². The molecule has 0 radical (unpaired) electrons. The molecular formula is C15H24N4. The van der Waals surface area contributed by atoms with Gasteiger partial charge in [0.1, 0.15) is 5.82 Å². The molecule has 2 aromatic heterocycles. The molecule has 2 rings (SSSR count). The van der Waals surface area contributed by atoms with Crippen molar-refractivity contribution in [1.29, 1.82) is 0 Å². The van der Waals surface area contributed by atoms with E-state index < -0.39 is 0 Å². The van der Waals surface area contributed by atoms with Crippen LogP contribution in [0.4, 0.5) is 0 Å². The zero-order valence-corrected chi connectivity index (χ0v) is 13.0. The first kappa shape index (κ1) is 13.8. The van der Waals surface area contributed by atoms with Crippen molar-refractivity contribution < 1.29 is 0 Å². The predicted molar refractivity (Wildman–Crippen MR) is 78.2 cm³/mol. The van der Waals surface area contributed by atoms with E-state index in [1.807, 2.05) is 17.9 Å². The normalized spacial score (nSPS) is 13.0. The van der Waals surface area contributed by atoms with Gasteiger partial charge in [0.05, 0.1) is 23.3 Å². The van der Waals surface area contributed by atoms with Gasteiger partial charge in [-0.15, -0.1) is 0 Å². The van der Waals surface area contributed by atoms with Crippen molar-refractivity contribution in [2.24, 2.45) is 7.05 Å². The molecule has 0 fully saturated rings. The quantitative estimate of drug-likeness (QED) is 0.854. The summed E-state index contributed by atoms with van der Waals surface area (Å²) in [5, 5.41) is 4.60. The SMILES string of the molecule is Cn1nc(C(C)(C)C)cc1-c1cnc(C(C)(C)C)[nH]1. The Morgan fingerprint density at radius 1 is 1.05 bits per heavy atom. The molecule has 0 aliphatic carbocycles. The van der Waals surface area contributed by atoms with Gasteiger partial charge in [0.15, 0.2) is 0 Å². The summed E-state index contributed by atoms with van der Waals surface area (Å²) in [4.78, 5) is 7.88. The smallest absolute Gasteiger partial charge is 0.111 e. The van der Waals surface area contributed by atoms with Crippen molar-refractivity contribution in [2.45, 2.75) is 52.4 Å². The van der Waals surface area contributed by atoms with Gasteiger partial charge in [-0.1, -0.05) is 41.5 Å². The van der Waals surface area contributed by atoms with Crippen LogP contribution in [0, 0.1) is 0 Å². The lowest BCUT2D eigenvalue weighted by Gasteiger charge is -2.14. The van der Waals surface area contributed by atoms with Gasteiger partial charge in [-0.25, -0.2) is 4.98 Å². The van der Waals surface area contributed by atoms with Crippen LogP contribution in [0.2, 0.25) is 0 Å². The molecule has 0 aliphatic heterocycles. The second kappa shape index (κ2) is 4.22. The van der Waals surface area contributed by atoms with Gasteiger partial charge in [-0.2, -0.15) is 5.10 Å². The highest BCUT2D eigenvalue weighted by Crippen LogP contribution is 2.27. The number of imidazole rings is 1. The van der Waals surface area contributed by atoms with E-state index in [2.05, 4.69) is 62.7 Å². The zero-order valence-electron chi connectivity index (χ0n) is 13.0. The van der Waals surface area contributed by atoms with Crippen LogP contribution >= 0.6 is 0 Å². The summed E-state index contributed by atoms with van der Waals surface area (Å²) in [6.45, 7) is 13.0. The van der Waals surface area contributed by atoms with Crippen molar-refractivity contribution in [3.05, 3.63) is 23.8 Å². The fourth-order valence-electron chi connectivity index (χ4n) is 1.92. The van der Waals surface area contributed by atoms with Gasteiger partial charge >= 0.3 is 0 Å². The molecule has 2 aromatic rings. The zero-order chi connectivity index (χ0) is 14.4. The minimum atomic E-state index is 0.0314. The fraction of sp³-hybridized carbons (Fsp3) is 0.600. The van der Waals surface area contributed by atoms with E-state index in [0.717, 1.165) is 22.9 Å². The molecule has 0 atom stereocenters. The van der Waals surface area contributed by atoms with Crippen molar-refractivity contribution in [3.8, 4) is 11.4 Å². The average Bonchev–Trinajstić information content (AvgIpc) is 2.80. The molecule has 19 heavy (non-hydrogen) atoms. The van der Waals surface area contributed by atoms with Gasteiger partial charge in [0.25, 0.3) is 0 Å². The maximum atomic E-state index is 4.60. The Balaban J connectivity index is 2.43. The van der Waals surface area contributed by atoms with Crippen LogP contribution in [-0.4, -0.2) is 19.7 Å². The van der Waals surface area contributed by atoms with E-state index in [1.165, 1.54) is 0 Å². The molecule has 1 N–H and O–H groups in total. The molecule has 0 bridgehead atoms. The van der Waals surface area contributed by atoms with Crippen LogP contribution in [0.5, 0.6) is 0 Å². The number of H-pyrrole nitrogens is 1. The van der Waals surface area contributed by atoms with E-state index >= 15 is 0 Å². The summed E-state index contributed by atoms with van der Waals surface area (Å²) in [7, 11) is 1.97. The van der Waals surface area contributed by atoms with E-state index in [0.29, 0.717) is 0 Å². The van der Waals surface area contributed by atoms with Crippen molar-refractivity contribution in [2.75, 3.05) is 0 Å². The Morgan fingerprint density at radius 3 is 2.11 bits per heavy atom. The molecule has 0 aromatic carbocycles. The van der Waals surface area contributed by atoms with Gasteiger partial charge in [-0.05, 0) is 6.07 Å². The van der Waals surface area contributed by atoms with Crippen molar-refractivity contribution in [1.82, 2.24) is 19.7 Å². The highest BCUT2D eigenvalue weighted by molar-refractivity contribution is 5.55. The molecule has 0 aliphatic rings. The number of aryl methyl sites for hydroxylation is 1. The van der Waals surface area contributed by atoms with Crippen LogP contribution in [-0.2, 0) is 17.9 Å². The first-order valence-corrected chi connectivity index (χ1v) is 6.69. The molecule has 0 unspecified atom stereocenters. The maximum absolute atomic E-state index is 4.60. The van der Waals surface area contributed by atoms with Crippen LogP contribution in [0.25, 0.3) is 11.4 Å². The van der Waals surface area contributed by atoms with Crippen LogP contribution in [0.3, 0.4) is 0 Å². The Bertz CT molecular complexity index is 576. The molecular weight excluding hydrogens is 236 g/mol. The summed E-state index contributed by atoms with van der Waals surface area (Å²) >= 11 is 0. The Hall–Kier alpha value is -1.58. The van der Waals surface area contributed by atoms with Crippen LogP contribution in [0.1, 0.15) is 53.1 Å². The molecule has 4 nitrogen and oxygen atoms in total. The fourth-order valence-corrected chi connectivity index (χ4v) is 1.92. The van der Waals surface area contributed by atoms with Gasteiger partial charge in [-0.3, -0.25) is 4.68 Å². The van der Waals surface area contributed by atoms with E-state index in [4.69, 9.17) is 0 Å². The molecule has 2 heterocycles. The number of nitrogens with zero attached hydrogens (tertiary/aromatic N) is 3. The molecule has 0 saturated heterocycles. The van der Waals surface area contributed by atoms with E-state index in [9.17, 15) is 0 Å². The number of aromatic nitrogens is 4. The van der Waals surface area contributed by atoms with E-state index in [-0.39, 0.29) is 10.8 Å². The number of rotatable bonds is 1. The summed E-state index contributed by atoms with van der Waals surface area (Å²) in [5.41, 5.74) is 3.28. The second-order valence-electron chi connectivity index (χ2n) is 7.18. The first-order valence-electron chi connectivity index (χ1n) is 6.69. The topological polar surface area (TPSA) is 46.5 Å². The van der Waals surface area contributed by atoms with E-state index in [1.54, 1.807) is 0 Å². The Kier molecular flexibility index (Phi) is 3.07. The maximum Gasteiger partial charge on any atom is 0.111 e. The number of nitrogens with one attached hydrogen (secondary N) is 1. The molecule has 0 amide bonds. The summed E-state index contributed by atoms with van der Waals surface area (Å²) in [6, 6.07) is 2.14. The first-order chi connectivity index (χ1) is 8.59. The molecule has 0 spiro atoms. The largest absolute Gasteiger partial charge is 0.340 e. The van der Waals surface area contributed by atoms with Crippen LogP contribution < -0.4 is 0 Å². The lowest BCUT2D eigenvalue weighted by Crippen LogP contribution is -2.13. The third-order valence-electron chi connectivity index (χ3n) is 3.21. The van der Waals surface area contributed by atoms with Crippen LogP contribution in [0.15, 0.2) is 12.3 Å². The molecule has 0 saturated carbocycles. The molecule has 4 heteroatoms. The minimum absolute atomic E-state index is 0.0314. The highest BCUT2D eigenvalue weighted by atomic mass is 15.3. The third kappa shape index (κ3) is 2.72.